The molecule has 1 rings (SSSR count). The zero-order chi connectivity index (χ0) is 16.9. The standard InChI is InChI=1S/C16H25NO4S/c1-11(2)9-14(16(18)19)10-17-22(20,21)15-7-5-13(6-8-15)12(3)4/h5-8,11-12,14,17H,9-10H2,1-4H3,(H,18,19). The first kappa shape index (κ1) is 18.6. The van der Waals surface area contributed by atoms with Gasteiger partial charge in [-0.05, 0) is 36.0 Å². The Labute approximate surface area is 132 Å². The molecular formula is C16H25NO4S. The minimum absolute atomic E-state index is 0.0955. The average Bonchev–Trinajstić information content (AvgIpc) is 2.43. The molecule has 0 fully saturated rings. The van der Waals surface area contributed by atoms with Crippen LogP contribution in [-0.4, -0.2) is 26.0 Å². The van der Waals surface area contributed by atoms with Crippen molar-refractivity contribution in [1.82, 2.24) is 4.72 Å². The van der Waals surface area contributed by atoms with Crippen molar-refractivity contribution < 1.29 is 18.3 Å². The highest BCUT2D eigenvalue weighted by Gasteiger charge is 2.22. The number of nitrogens with one attached hydrogen (secondary N) is 1. The molecule has 0 aromatic heterocycles. The van der Waals surface area contributed by atoms with Crippen LogP contribution in [0.3, 0.4) is 0 Å². The van der Waals surface area contributed by atoms with Crippen LogP contribution >= 0.6 is 0 Å². The maximum Gasteiger partial charge on any atom is 0.307 e. The first-order chi connectivity index (χ1) is 10.1. The minimum Gasteiger partial charge on any atom is -0.481 e. The Balaban J connectivity index is 2.80. The summed E-state index contributed by atoms with van der Waals surface area (Å²) in [5, 5.41) is 9.15. The van der Waals surface area contributed by atoms with Gasteiger partial charge in [-0.2, -0.15) is 0 Å². The van der Waals surface area contributed by atoms with Crippen molar-refractivity contribution in [1.29, 1.82) is 0 Å². The van der Waals surface area contributed by atoms with Gasteiger partial charge < -0.3 is 5.11 Å². The lowest BCUT2D eigenvalue weighted by Gasteiger charge is -2.16. The smallest absolute Gasteiger partial charge is 0.307 e. The van der Waals surface area contributed by atoms with Crippen molar-refractivity contribution >= 4 is 16.0 Å². The molecule has 1 aromatic rings. The lowest BCUT2D eigenvalue weighted by atomic mass is 9.98. The average molecular weight is 327 g/mol. The van der Waals surface area contributed by atoms with Gasteiger partial charge >= 0.3 is 5.97 Å². The Morgan fingerprint density at radius 2 is 1.68 bits per heavy atom. The second-order valence-electron chi connectivity index (χ2n) is 6.24. The summed E-state index contributed by atoms with van der Waals surface area (Å²) in [5.74, 6) is -1.18. The Hall–Kier alpha value is -1.40. The lowest BCUT2D eigenvalue weighted by molar-refractivity contribution is -0.142. The van der Waals surface area contributed by atoms with Crippen molar-refractivity contribution in [3.05, 3.63) is 29.8 Å². The van der Waals surface area contributed by atoms with Gasteiger partial charge in [-0.3, -0.25) is 4.79 Å². The Kier molecular flexibility index (Phi) is 6.56. The third kappa shape index (κ3) is 5.42. The predicted octanol–water partition coefficient (Wildman–Crippen LogP) is 2.84. The van der Waals surface area contributed by atoms with Crippen LogP contribution in [0.4, 0.5) is 0 Å². The van der Waals surface area contributed by atoms with Gasteiger partial charge in [-0.25, -0.2) is 13.1 Å². The Bertz CT molecular complexity index is 591. The maximum absolute atomic E-state index is 12.2. The van der Waals surface area contributed by atoms with Gasteiger partial charge in [0.2, 0.25) is 10.0 Å². The SMILES string of the molecule is CC(C)CC(CNS(=O)(=O)c1ccc(C(C)C)cc1)C(=O)O. The largest absolute Gasteiger partial charge is 0.481 e. The fraction of sp³-hybridized carbons (Fsp3) is 0.562. The second-order valence-corrected chi connectivity index (χ2v) is 8.01. The maximum atomic E-state index is 12.2. The van der Waals surface area contributed by atoms with Crippen LogP contribution < -0.4 is 4.72 Å². The van der Waals surface area contributed by atoms with Gasteiger partial charge in [-0.1, -0.05) is 39.8 Å². The molecule has 0 heterocycles. The van der Waals surface area contributed by atoms with Crippen molar-refractivity contribution in [2.75, 3.05) is 6.54 Å². The predicted molar refractivity (Wildman–Crippen MR) is 86.3 cm³/mol. The summed E-state index contributed by atoms with van der Waals surface area (Å²) < 4.78 is 26.8. The highest BCUT2D eigenvalue weighted by atomic mass is 32.2. The highest BCUT2D eigenvalue weighted by Crippen LogP contribution is 2.18. The van der Waals surface area contributed by atoms with E-state index in [-0.39, 0.29) is 17.4 Å². The van der Waals surface area contributed by atoms with Crippen LogP contribution in [0.5, 0.6) is 0 Å². The number of aliphatic carboxylic acids is 1. The molecule has 22 heavy (non-hydrogen) atoms. The summed E-state index contributed by atoms with van der Waals surface area (Å²) in [6.07, 6.45) is 0.435. The molecule has 0 spiro atoms. The number of carboxylic acid groups (broad SMARTS) is 1. The lowest BCUT2D eigenvalue weighted by Crippen LogP contribution is -2.33. The zero-order valence-electron chi connectivity index (χ0n) is 13.5. The molecule has 0 bridgehead atoms. The van der Waals surface area contributed by atoms with E-state index in [9.17, 15) is 13.2 Å². The van der Waals surface area contributed by atoms with Crippen molar-refractivity contribution in [2.24, 2.45) is 11.8 Å². The van der Waals surface area contributed by atoms with Gasteiger partial charge in [0.25, 0.3) is 0 Å². The van der Waals surface area contributed by atoms with Crippen LogP contribution in [-0.2, 0) is 14.8 Å². The van der Waals surface area contributed by atoms with Crippen molar-refractivity contribution in [2.45, 2.75) is 44.9 Å². The number of hydrogen-bond donors (Lipinski definition) is 2. The molecule has 1 unspecified atom stereocenters. The molecule has 0 saturated carbocycles. The summed E-state index contributed by atoms with van der Waals surface area (Å²) in [6, 6.07) is 6.66. The molecule has 5 nitrogen and oxygen atoms in total. The normalized spacial score (nSPS) is 13.5. The van der Waals surface area contributed by atoms with E-state index < -0.39 is 21.9 Å². The van der Waals surface area contributed by atoms with E-state index in [1.165, 1.54) is 0 Å². The molecular weight excluding hydrogens is 302 g/mol. The monoisotopic (exact) mass is 327 g/mol. The number of hydrogen-bond acceptors (Lipinski definition) is 3. The fourth-order valence-electron chi connectivity index (χ4n) is 2.17. The van der Waals surface area contributed by atoms with Crippen LogP contribution in [0.2, 0.25) is 0 Å². The highest BCUT2D eigenvalue weighted by molar-refractivity contribution is 7.89. The van der Waals surface area contributed by atoms with Gasteiger partial charge in [0.1, 0.15) is 0 Å². The van der Waals surface area contributed by atoms with E-state index in [0.717, 1.165) is 5.56 Å². The molecule has 0 aliphatic rings. The van der Waals surface area contributed by atoms with E-state index in [2.05, 4.69) is 4.72 Å². The number of carbonyl (C=O) groups is 1. The molecule has 0 saturated heterocycles. The molecule has 1 aromatic carbocycles. The summed E-state index contributed by atoms with van der Waals surface area (Å²) in [6.45, 7) is 7.79. The second kappa shape index (κ2) is 7.74. The molecule has 2 N–H and O–H groups in total. The van der Waals surface area contributed by atoms with E-state index in [1.807, 2.05) is 27.7 Å². The van der Waals surface area contributed by atoms with Crippen LogP contribution in [0, 0.1) is 11.8 Å². The van der Waals surface area contributed by atoms with E-state index in [4.69, 9.17) is 5.11 Å². The Morgan fingerprint density at radius 3 is 2.09 bits per heavy atom. The minimum atomic E-state index is -3.68. The molecule has 0 amide bonds. The molecule has 1 atom stereocenters. The first-order valence-corrected chi connectivity index (χ1v) is 8.94. The number of sulfonamides is 1. The summed E-state index contributed by atoms with van der Waals surface area (Å²) in [7, 11) is -3.68. The Morgan fingerprint density at radius 1 is 1.14 bits per heavy atom. The quantitative estimate of drug-likeness (QED) is 0.769. The van der Waals surface area contributed by atoms with Gasteiger partial charge in [-0.15, -0.1) is 0 Å². The molecule has 0 radical (unpaired) electrons. The van der Waals surface area contributed by atoms with Gasteiger partial charge in [0.05, 0.1) is 10.8 Å². The van der Waals surface area contributed by atoms with Gasteiger partial charge in [0, 0.05) is 6.54 Å². The van der Waals surface area contributed by atoms with Crippen molar-refractivity contribution in [3.63, 3.8) is 0 Å². The summed E-state index contributed by atoms with van der Waals surface area (Å²) >= 11 is 0. The molecule has 6 heteroatoms. The molecule has 124 valence electrons. The molecule has 0 aliphatic heterocycles. The fourth-order valence-corrected chi connectivity index (χ4v) is 3.25. The van der Waals surface area contributed by atoms with Gasteiger partial charge in [0.15, 0.2) is 0 Å². The summed E-state index contributed by atoms with van der Waals surface area (Å²) in [5.41, 5.74) is 1.06. The zero-order valence-corrected chi connectivity index (χ0v) is 14.4. The summed E-state index contributed by atoms with van der Waals surface area (Å²) in [4.78, 5) is 11.3. The third-order valence-corrected chi connectivity index (χ3v) is 4.92. The number of rotatable bonds is 8. The van der Waals surface area contributed by atoms with Crippen LogP contribution in [0.1, 0.15) is 45.6 Å². The van der Waals surface area contributed by atoms with Crippen LogP contribution in [0.15, 0.2) is 29.2 Å². The van der Waals surface area contributed by atoms with E-state index in [1.54, 1.807) is 24.3 Å². The van der Waals surface area contributed by atoms with Crippen molar-refractivity contribution in [3.8, 4) is 0 Å². The van der Waals surface area contributed by atoms with E-state index >= 15 is 0 Å². The topological polar surface area (TPSA) is 83.5 Å². The number of benzene rings is 1. The number of carboxylic acids is 1. The first-order valence-electron chi connectivity index (χ1n) is 7.46. The van der Waals surface area contributed by atoms with E-state index in [0.29, 0.717) is 12.3 Å². The van der Waals surface area contributed by atoms with Crippen LogP contribution in [0.25, 0.3) is 0 Å². The molecule has 0 aliphatic carbocycles. The third-order valence-electron chi connectivity index (χ3n) is 3.48.